The molecule has 0 unspecified atom stereocenters. The Morgan fingerprint density at radius 2 is 2.21 bits per heavy atom. The standard InChI is InChI=1S/C9H10N2O3/c1-6(10-11-9(13)14)7-3-2-4-8(12)5-7/h2-5,11-12H,1H3,(H,13,14)/b10-6-. The third-order valence-corrected chi connectivity index (χ3v) is 1.58. The van der Waals surface area contributed by atoms with Crippen LogP contribution in [0.25, 0.3) is 0 Å². The van der Waals surface area contributed by atoms with Crippen molar-refractivity contribution in [3.8, 4) is 5.75 Å². The zero-order chi connectivity index (χ0) is 10.6. The second-order valence-corrected chi connectivity index (χ2v) is 2.66. The molecular weight excluding hydrogens is 184 g/mol. The maximum atomic E-state index is 10.1. The van der Waals surface area contributed by atoms with Gasteiger partial charge in [-0.1, -0.05) is 12.1 Å². The first-order chi connectivity index (χ1) is 6.59. The van der Waals surface area contributed by atoms with Crippen LogP contribution in [-0.2, 0) is 0 Å². The minimum absolute atomic E-state index is 0.118. The van der Waals surface area contributed by atoms with Crippen molar-refractivity contribution < 1.29 is 15.0 Å². The highest BCUT2D eigenvalue weighted by atomic mass is 16.4. The van der Waals surface area contributed by atoms with E-state index >= 15 is 0 Å². The average Bonchev–Trinajstić information content (AvgIpc) is 2.14. The molecule has 1 rings (SSSR count). The molecule has 5 nitrogen and oxygen atoms in total. The summed E-state index contributed by atoms with van der Waals surface area (Å²) in [5.74, 6) is 0.118. The van der Waals surface area contributed by atoms with Crippen molar-refractivity contribution >= 4 is 11.8 Å². The summed E-state index contributed by atoms with van der Waals surface area (Å²) >= 11 is 0. The molecule has 14 heavy (non-hydrogen) atoms. The lowest BCUT2D eigenvalue weighted by Gasteiger charge is -2.00. The lowest BCUT2D eigenvalue weighted by atomic mass is 10.1. The summed E-state index contributed by atoms with van der Waals surface area (Å²) in [4.78, 5) is 10.1. The first kappa shape index (κ1) is 10.0. The van der Waals surface area contributed by atoms with Crippen molar-refractivity contribution in [1.29, 1.82) is 0 Å². The van der Waals surface area contributed by atoms with Crippen LogP contribution in [0.5, 0.6) is 5.75 Å². The first-order valence-corrected chi connectivity index (χ1v) is 3.92. The van der Waals surface area contributed by atoms with E-state index in [2.05, 4.69) is 5.10 Å². The molecule has 0 saturated carbocycles. The van der Waals surface area contributed by atoms with Gasteiger partial charge in [0.15, 0.2) is 0 Å². The molecule has 0 heterocycles. The molecule has 0 aliphatic carbocycles. The van der Waals surface area contributed by atoms with Crippen LogP contribution in [0.1, 0.15) is 12.5 Å². The SMILES string of the molecule is C/C(=N/NC(=O)O)c1cccc(O)c1. The molecule has 3 N–H and O–H groups in total. The number of amides is 1. The summed E-state index contributed by atoms with van der Waals surface area (Å²) in [6.45, 7) is 1.64. The first-order valence-electron chi connectivity index (χ1n) is 3.92. The van der Waals surface area contributed by atoms with E-state index in [-0.39, 0.29) is 5.75 Å². The van der Waals surface area contributed by atoms with Gasteiger partial charge in [-0.15, -0.1) is 0 Å². The second kappa shape index (κ2) is 4.27. The molecule has 0 radical (unpaired) electrons. The largest absolute Gasteiger partial charge is 0.508 e. The molecule has 74 valence electrons. The quantitative estimate of drug-likeness (QED) is 0.491. The van der Waals surface area contributed by atoms with Gasteiger partial charge >= 0.3 is 6.09 Å². The van der Waals surface area contributed by atoms with E-state index < -0.39 is 6.09 Å². The molecule has 0 aliphatic heterocycles. The number of nitrogens with zero attached hydrogens (tertiary/aromatic N) is 1. The predicted molar refractivity (Wildman–Crippen MR) is 51.5 cm³/mol. The van der Waals surface area contributed by atoms with E-state index in [9.17, 15) is 4.79 Å². The van der Waals surface area contributed by atoms with Crippen LogP contribution >= 0.6 is 0 Å². The molecule has 0 bridgehead atoms. The molecule has 1 amide bonds. The summed E-state index contributed by atoms with van der Waals surface area (Å²) in [5.41, 5.74) is 3.04. The molecular formula is C9H10N2O3. The van der Waals surface area contributed by atoms with Crippen LogP contribution in [0.15, 0.2) is 29.4 Å². The highest BCUT2D eigenvalue weighted by Gasteiger charge is 1.99. The maximum Gasteiger partial charge on any atom is 0.425 e. The highest BCUT2D eigenvalue weighted by Crippen LogP contribution is 2.11. The van der Waals surface area contributed by atoms with Crippen molar-refractivity contribution in [2.75, 3.05) is 0 Å². The van der Waals surface area contributed by atoms with Gasteiger partial charge < -0.3 is 10.2 Å². The monoisotopic (exact) mass is 194 g/mol. The summed E-state index contributed by atoms with van der Waals surface area (Å²) < 4.78 is 0. The second-order valence-electron chi connectivity index (χ2n) is 2.66. The van der Waals surface area contributed by atoms with E-state index in [1.165, 1.54) is 12.1 Å². The zero-order valence-corrected chi connectivity index (χ0v) is 7.56. The smallest absolute Gasteiger partial charge is 0.425 e. The molecule has 1 aromatic carbocycles. The topological polar surface area (TPSA) is 81.9 Å². The molecule has 0 fully saturated rings. The van der Waals surface area contributed by atoms with E-state index in [0.717, 1.165) is 0 Å². The number of hydrazone groups is 1. The Labute approximate surface area is 80.7 Å². The van der Waals surface area contributed by atoms with Gasteiger partial charge in [-0.05, 0) is 19.1 Å². The number of nitrogens with one attached hydrogen (secondary N) is 1. The molecule has 1 aromatic rings. The number of phenols is 1. The number of benzene rings is 1. The van der Waals surface area contributed by atoms with Gasteiger partial charge in [0, 0.05) is 5.56 Å². The van der Waals surface area contributed by atoms with Crippen molar-refractivity contribution in [3.05, 3.63) is 29.8 Å². The normalized spacial score (nSPS) is 11.1. The Morgan fingerprint density at radius 3 is 2.79 bits per heavy atom. The predicted octanol–water partition coefficient (Wildman–Crippen LogP) is 1.38. The van der Waals surface area contributed by atoms with Crippen LogP contribution in [-0.4, -0.2) is 22.0 Å². The summed E-state index contributed by atoms with van der Waals surface area (Å²) in [6.07, 6.45) is -1.22. The summed E-state index contributed by atoms with van der Waals surface area (Å²) in [5, 5.41) is 21.0. The van der Waals surface area contributed by atoms with Crippen LogP contribution in [0, 0.1) is 0 Å². The zero-order valence-electron chi connectivity index (χ0n) is 7.56. The molecule has 0 aromatic heterocycles. The number of hydrogen-bond acceptors (Lipinski definition) is 3. The fourth-order valence-corrected chi connectivity index (χ4v) is 0.927. The van der Waals surface area contributed by atoms with Gasteiger partial charge in [-0.3, -0.25) is 0 Å². The van der Waals surface area contributed by atoms with Crippen LogP contribution < -0.4 is 5.43 Å². The number of carbonyl (C=O) groups is 1. The van der Waals surface area contributed by atoms with Crippen LogP contribution in [0.4, 0.5) is 4.79 Å². The third kappa shape index (κ3) is 2.78. The van der Waals surface area contributed by atoms with Crippen LogP contribution in [0.2, 0.25) is 0 Å². The number of aromatic hydroxyl groups is 1. The fraction of sp³-hybridized carbons (Fsp3) is 0.111. The Balaban J connectivity index is 2.83. The number of rotatable bonds is 2. The van der Waals surface area contributed by atoms with Gasteiger partial charge in [0.05, 0.1) is 5.71 Å². The molecule has 0 atom stereocenters. The Bertz CT molecular complexity index is 374. The van der Waals surface area contributed by atoms with E-state index in [0.29, 0.717) is 11.3 Å². The molecule has 0 aliphatic rings. The Kier molecular flexibility index (Phi) is 3.06. The number of carboxylic acid groups (broad SMARTS) is 1. The Hall–Kier alpha value is -2.04. The summed E-state index contributed by atoms with van der Waals surface area (Å²) in [6, 6.07) is 6.41. The minimum Gasteiger partial charge on any atom is -0.508 e. The van der Waals surface area contributed by atoms with Gasteiger partial charge in [0.2, 0.25) is 0 Å². The van der Waals surface area contributed by atoms with Crippen molar-refractivity contribution in [1.82, 2.24) is 5.43 Å². The van der Waals surface area contributed by atoms with Crippen molar-refractivity contribution in [2.45, 2.75) is 6.92 Å². The average molecular weight is 194 g/mol. The van der Waals surface area contributed by atoms with Crippen molar-refractivity contribution in [3.63, 3.8) is 0 Å². The number of phenolic OH excluding ortho intramolecular Hbond substituents is 1. The Morgan fingerprint density at radius 1 is 1.50 bits per heavy atom. The number of hydrogen-bond donors (Lipinski definition) is 3. The molecule has 0 saturated heterocycles. The van der Waals surface area contributed by atoms with Gasteiger partial charge in [-0.2, -0.15) is 5.10 Å². The van der Waals surface area contributed by atoms with Crippen molar-refractivity contribution in [2.24, 2.45) is 5.10 Å². The minimum atomic E-state index is -1.22. The maximum absolute atomic E-state index is 10.1. The third-order valence-electron chi connectivity index (χ3n) is 1.58. The van der Waals surface area contributed by atoms with E-state index in [1.807, 2.05) is 5.43 Å². The lowest BCUT2D eigenvalue weighted by Crippen LogP contribution is -2.16. The fourth-order valence-electron chi connectivity index (χ4n) is 0.927. The lowest BCUT2D eigenvalue weighted by molar-refractivity contribution is 0.195. The van der Waals surface area contributed by atoms with E-state index in [4.69, 9.17) is 10.2 Å². The van der Waals surface area contributed by atoms with Gasteiger partial charge in [-0.25, -0.2) is 10.2 Å². The molecule has 0 spiro atoms. The van der Waals surface area contributed by atoms with Gasteiger partial charge in [0.25, 0.3) is 0 Å². The van der Waals surface area contributed by atoms with E-state index in [1.54, 1.807) is 19.1 Å². The van der Waals surface area contributed by atoms with Gasteiger partial charge in [0.1, 0.15) is 5.75 Å². The molecule has 5 heteroatoms. The highest BCUT2D eigenvalue weighted by molar-refractivity contribution is 5.99. The summed E-state index contributed by atoms with van der Waals surface area (Å²) in [7, 11) is 0. The van der Waals surface area contributed by atoms with Crippen LogP contribution in [0.3, 0.4) is 0 Å².